The van der Waals surface area contributed by atoms with E-state index in [0.29, 0.717) is 0 Å². The maximum atomic E-state index is 10.8. The normalized spacial score (nSPS) is 17.5. The van der Waals surface area contributed by atoms with E-state index in [-0.39, 0.29) is 0 Å². The Morgan fingerprint density at radius 3 is 1.41 bits per heavy atom. The zero-order valence-electron chi connectivity index (χ0n) is 16.3. The van der Waals surface area contributed by atoms with Crippen molar-refractivity contribution in [1.82, 2.24) is 0 Å². The van der Waals surface area contributed by atoms with E-state index in [1.165, 1.54) is 0 Å². The predicted molar refractivity (Wildman–Crippen MR) is 101 cm³/mol. The SMILES string of the molecule is CCC(CC)(O[Si](C)(C)C(C)(CC)O[Si](C)(C)O)[Si](C)(C)O. The van der Waals surface area contributed by atoms with Gasteiger partial charge in [-0.2, -0.15) is 0 Å². The highest BCUT2D eigenvalue weighted by atomic mass is 28.4. The number of hydrogen-bond acceptors (Lipinski definition) is 4. The molecule has 0 aliphatic carbocycles. The van der Waals surface area contributed by atoms with Gasteiger partial charge in [0, 0.05) is 0 Å². The zero-order chi connectivity index (χ0) is 18.0. The van der Waals surface area contributed by atoms with Crippen LogP contribution in [-0.2, 0) is 8.85 Å². The second kappa shape index (κ2) is 7.16. The molecule has 0 aromatic carbocycles. The third-order valence-corrected chi connectivity index (χ3v) is 13.4. The lowest BCUT2D eigenvalue weighted by atomic mass is 10.2. The zero-order valence-corrected chi connectivity index (χ0v) is 19.3. The van der Waals surface area contributed by atoms with Gasteiger partial charge in [-0.3, -0.25) is 0 Å². The van der Waals surface area contributed by atoms with Crippen molar-refractivity contribution in [1.29, 1.82) is 0 Å². The third kappa shape index (κ3) is 4.99. The topological polar surface area (TPSA) is 58.9 Å². The summed E-state index contributed by atoms with van der Waals surface area (Å²) < 4.78 is 12.9. The van der Waals surface area contributed by atoms with Gasteiger partial charge >= 0.3 is 8.56 Å². The van der Waals surface area contributed by atoms with Gasteiger partial charge in [0.25, 0.3) is 0 Å². The molecule has 0 spiro atoms. The minimum Gasteiger partial charge on any atom is -0.429 e. The lowest BCUT2D eigenvalue weighted by Gasteiger charge is -2.52. The first-order chi connectivity index (χ1) is 9.60. The summed E-state index contributed by atoms with van der Waals surface area (Å²) in [6.07, 6.45) is 2.39. The molecule has 0 aromatic rings. The van der Waals surface area contributed by atoms with Gasteiger partial charge in [0.2, 0.25) is 16.6 Å². The molecule has 0 radical (unpaired) electrons. The van der Waals surface area contributed by atoms with Gasteiger partial charge in [0.05, 0.1) is 10.4 Å². The van der Waals surface area contributed by atoms with Gasteiger partial charge in [-0.05, 0) is 65.5 Å². The molecule has 0 aliphatic rings. The van der Waals surface area contributed by atoms with E-state index in [2.05, 4.69) is 40.8 Å². The number of hydrogen-bond donors (Lipinski definition) is 2. The van der Waals surface area contributed by atoms with E-state index >= 15 is 0 Å². The molecule has 0 fully saturated rings. The van der Waals surface area contributed by atoms with E-state index in [1.54, 1.807) is 13.1 Å². The van der Waals surface area contributed by atoms with E-state index in [9.17, 15) is 9.59 Å². The second-order valence-electron chi connectivity index (χ2n) is 8.01. The monoisotopic (exact) mass is 366 g/mol. The van der Waals surface area contributed by atoms with Crippen molar-refractivity contribution < 1.29 is 18.4 Å². The van der Waals surface area contributed by atoms with Crippen LogP contribution in [0.5, 0.6) is 0 Å². The smallest absolute Gasteiger partial charge is 0.329 e. The Morgan fingerprint density at radius 1 is 0.773 bits per heavy atom. The fourth-order valence-corrected chi connectivity index (χ4v) is 12.0. The van der Waals surface area contributed by atoms with Crippen molar-refractivity contribution >= 4 is 25.2 Å². The molecule has 0 rings (SSSR count). The van der Waals surface area contributed by atoms with Crippen LogP contribution >= 0.6 is 0 Å². The maximum Gasteiger partial charge on any atom is 0.329 e. The number of rotatable bonds is 9. The minimum atomic E-state index is -2.66. The van der Waals surface area contributed by atoms with Gasteiger partial charge < -0.3 is 18.4 Å². The van der Waals surface area contributed by atoms with Gasteiger partial charge in [-0.15, -0.1) is 0 Å². The van der Waals surface area contributed by atoms with Crippen LogP contribution < -0.4 is 0 Å². The average molecular weight is 367 g/mol. The lowest BCUT2D eigenvalue weighted by Crippen LogP contribution is -2.67. The highest BCUT2D eigenvalue weighted by Crippen LogP contribution is 2.39. The Labute approximate surface area is 140 Å². The highest BCUT2D eigenvalue weighted by Gasteiger charge is 2.55. The first-order valence-electron chi connectivity index (χ1n) is 8.45. The minimum absolute atomic E-state index is 0.455. The summed E-state index contributed by atoms with van der Waals surface area (Å²) >= 11 is 0. The first kappa shape index (κ1) is 22.5. The Morgan fingerprint density at radius 2 is 1.18 bits per heavy atom. The van der Waals surface area contributed by atoms with Crippen LogP contribution in [0.15, 0.2) is 0 Å². The summed E-state index contributed by atoms with van der Waals surface area (Å²) in [5.41, 5.74) is 0. The molecule has 0 bridgehead atoms. The van der Waals surface area contributed by atoms with Crippen LogP contribution in [0.25, 0.3) is 0 Å². The van der Waals surface area contributed by atoms with Gasteiger partial charge in [0.1, 0.15) is 0 Å². The van der Waals surface area contributed by atoms with Crippen molar-refractivity contribution in [3.63, 3.8) is 0 Å². The molecule has 1 unspecified atom stereocenters. The van der Waals surface area contributed by atoms with E-state index in [1.807, 2.05) is 13.1 Å². The summed E-state index contributed by atoms with van der Waals surface area (Å²) in [5, 5.41) is -0.920. The van der Waals surface area contributed by atoms with Crippen molar-refractivity contribution in [3.8, 4) is 0 Å². The molecule has 7 heteroatoms. The molecule has 0 aliphatic heterocycles. The largest absolute Gasteiger partial charge is 0.429 e. The first-order valence-corrected chi connectivity index (χ1v) is 17.2. The Balaban J connectivity index is 5.69. The molecule has 0 heterocycles. The second-order valence-corrected chi connectivity index (χ2v) is 19.4. The van der Waals surface area contributed by atoms with E-state index < -0.39 is 35.6 Å². The van der Waals surface area contributed by atoms with Crippen LogP contribution in [0.1, 0.15) is 47.0 Å². The Bertz CT molecular complexity index is 357. The standard InChI is InChI=1S/C15H38O4Si3/c1-11-14(4,18-22(9,10)17)21(7,8)19-15(12-2,13-3)20(5,6)16/h16-17H,11-13H2,1-10H3. The quantitative estimate of drug-likeness (QED) is 0.607. The molecule has 4 nitrogen and oxygen atoms in total. The van der Waals surface area contributed by atoms with Crippen molar-refractivity contribution in [2.45, 2.75) is 96.7 Å². The Hall–Kier alpha value is 0.491. The fraction of sp³-hybridized carbons (Fsp3) is 1.00. The molecule has 0 saturated carbocycles. The summed E-state index contributed by atoms with van der Waals surface area (Å²) in [6.45, 7) is 20.1. The summed E-state index contributed by atoms with van der Waals surface area (Å²) in [5.74, 6) is 0. The molecule has 2 N–H and O–H groups in total. The van der Waals surface area contributed by atoms with E-state index in [4.69, 9.17) is 8.85 Å². The third-order valence-electron chi connectivity index (χ3n) is 5.13. The molecule has 22 heavy (non-hydrogen) atoms. The van der Waals surface area contributed by atoms with Gasteiger partial charge in [0.15, 0.2) is 0 Å². The van der Waals surface area contributed by atoms with Crippen LogP contribution in [0.2, 0.25) is 39.3 Å². The van der Waals surface area contributed by atoms with Crippen molar-refractivity contribution in [3.05, 3.63) is 0 Å². The van der Waals surface area contributed by atoms with Crippen molar-refractivity contribution in [2.75, 3.05) is 0 Å². The van der Waals surface area contributed by atoms with Gasteiger partial charge in [-0.1, -0.05) is 20.8 Å². The molecule has 0 aromatic heterocycles. The molecule has 0 amide bonds. The van der Waals surface area contributed by atoms with Crippen LogP contribution in [-0.4, -0.2) is 45.2 Å². The van der Waals surface area contributed by atoms with Crippen LogP contribution in [0, 0.1) is 0 Å². The predicted octanol–water partition coefficient (Wildman–Crippen LogP) is 3.92. The van der Waals surface area contributed by atoms with Crippen molar-refractivity contribution in [2.24, 2.45) is 0 Å². The van der Waals surface area contributed by atoms with E-state index in [0.717, 1.165) is 19.3 Å². The molecular weight excluding hydrogens is 328 g/mol. The average Bonchev–Trinajstić information content (AvgIpc) is 2.32. The summed E-state index contributed by atoms with van der Waals surface area (Å²) in [6, 6.07) is 0. The maximum absolute atomic E-state index is 10.8. The lowest BCUT2D eigenvalue weighted by molar-refractivity contribution is 0.0462. The summed E-state index contributed by atoms with van der Waals surface area (Å²) in [4.78, 5) is 21.1. The van der Waals surface area contributed by atoms with Crippen LogP contribution in [0.3, 0.4) is 0 Å². The highest BCUT2D eigenvalue weighted by molar-refractivity contribution is 6.78. The fourth-order valence-electron chi connectivity index (χ4n) is 3.15. The molecule has 134 valence electrons. The molecule has 1 atom stereocenters. The molecular formula is C15H38O4Si3. The van der Waals surface area contributed by atoms with Gasteiger partial charge in [-0.25, -0.2) is 0 Å². The Kier molecular flexibility index (Phi) is 7.32. The molecule has 0 saturated heterocycles. The summed E-state index contributed by atoms with van der Waals surface area (Å²) in [7, 11) is -7.48. The van der Waals surface area contributed by atoms with Crippen LogP contribution in [0.4, 0.5) is 0 Å².